The van der Waals surface area contributed by atoms with Crippen LogP contribution in [0, 0.1) is 6.92 Å². The Kier molecular flexibility index (Phi) is 7.12. The highest BCUT2D eigenvalue weighted by molar-refractivity contribution is 7.80. The number of nitrogens with zero attached hydrogens (tertiary/aromatic N) is 1. The van der Waals surface area contributed by atoms with Gasteiger partial charge in [0.1, 0.15) is 12.2 Å². The highest BCUT2D eigenvalue weighted by atomic mass is 32.1. The summed E-state index contributed by atoms with van der Waals surface area (Å²) >= 11 is 5.26. The number of hydrogen-bond acceptors (Lipinski definition) is 6. The predicted octanol–water partition coefficient (Wildman–Crippen LogP) is 4.11. The summed E-state index contributed by atoms with van der Waals surface area (Å²) in [6, 6.07) is 18.6. The molecule has 9 heteroatoms. The summed E-state index contributed by atoms with van der Waals surface area (Å²) < 4.78 is 11.4. The molecule has 36 heavy (non-hydrogen) atoms. The van der Waals surface area contributed by atoms with Crippen LogP contribution < -0.4 is 19.7 Å². The number of nitrogens with one attached hydrogen (secondary N) is 1. The van der Waals surface area contributed by atoms with Gasteiger partial charge in [0.15, 0.2) is 16.6 Å². The first-order valence-electron chi connectivity index (χ1n) is 10.9. The minimum absolute atomic E-state index is 0.00192. The number of carboxylic acid groups (broad SMARTS) is 1. The number of thiocarbonyl (C=S) groups is 1. The zero-order valence-corrected chi connectivity index (χ0v) is 20.3. The Morgan fingerprint density at radius 1 is 1.06 bits per heavy atom. The van der Waals surface area contributed by atoms with Gasteiger partial charge in [0, 0.05) is 5.56 Å². The molecule has 1 saturated heterocycles. The average Bonchev–Trinajstić information content (AvgIpc) is 2.86. The lowest BCUT2D eigenvalue weighted by Gasteiger charge is -2.29. The van der Waals surface area contributed by atoms with Crippen LogP contribution in [0.2, 0.25) is 0 Å². The van der Waals surface area contributed by atoms with Crippen LogP contribution in [0.1, 0.15) is 27.0 Å². The molecule has 0 bridgehead atoms. The number of aromatic carboxylic acids is 1. The van der Waals surface area contributed by atoms with Gasteiger partial charge in [-0.05, 0) is 61.1 Å². The third-order valence-corrected chi connectivity index (χ3v) is 5.79. The molecule has 2 N–H and O–H groups in total. The smallest absolute Gasteiger partial charge is 0.335 e. The van der Waals surface area contributed by atoms with E-state index in [1.165, 1.54) is 30.2 Å². The molecule has 182 valence electrons. The Balaban J connectivity index is 1.67. The number of carboxylic acids is 1. The van der Waals surface area contributed by atoms with Crippen LogP contribution in [-0.2, 0) is 16.2 Å². The molecule has 0 unspecified atom stereocenters. The lowest BCUT2D eigenvalue weighted by Crippen LogP contribution is -2.54. The molecule has 0 aliphatic carbocycles. The van der Waals surface area contributed by atoms with Crippen molar-refractivity contribution in [3.63, 3.8) is 0 Å². The lowest BCUT2D eigenvalue weighted by molar-refractivity contribution is -0.122. The van der Waals surface area contributed by atoms with Gasteiger partial charge >= 0.3 is 5.97 Å². The van der Waals surface area contributed by atoms with E-state index >= 15 is 0 Å². The van der Waals surface area contributed by atoms with Crippen LogP contribution in [0.15, 0.2) is 72.3 Å². The number of amides is 2. The molecule has 3 aromatic rings. The van der Waals surface area contributed by atoms with Gasteiger partial charge in [0.05, 0.1) is 18.4 Å². The molecule has 4 rings (SSSR count). The van der Waals surface area contributed by atoms with Crippen molar-refractivity contribution in [2.75, 3.05) is 12.0 Å². The van der Waals surface area contributed by atoms with E-state index in [2.05, 4.69) is 5.32 Å². The van der Waals surface area contributed by atoms with Crippen LogP contribution >= 0.6 is 12.2 Å². The Bertz CT molecular complexity index is 1380. The van der Waals surface area contributed by atoms with E-state index in [0.29, 0.717) is 22.7 Å². The SMILES string of the molecule is COc1cccc(/C=C2\C(=O)NC(=S)N(c3ccc(C)cc3)C2=O)c1OCc1ccc(C(=O)O)cc1. The average molecular weight is 503 g/mol. The second kappa shape index (κ2) is 10.4. The third-order valence-electron chi connectivity index (χ3n) is 5.51. The molecular weight excluding hydrogens is 480 g/mol. The van der Waals surface area contributed by atoms with Gasteiger partial charge in [-0.1, -0.05) is 42.0 Å². The van der Waals surface area contributed by atoms with Crippen LogP contribution in [-0.4, -0.2) is 35.1 Å². The first-order valence-corrected chi connectivity index (χ1v) is 11.3. The van der Waals surface area contributed by atoms with E-state index in [-0.39, 0.29) is 22.9 Å². The molecule has 0 spiro atoms. The standard InChI is InChI=1S/C27H22N2O6S/c1-16-6-12-20(13-7-16)29-25(31)21(24(30)28-27(29)36)14-19-4-3-5-22(34-2)23(19)35-15-17-8-10-18(11-9-17)26(32)33/h3-14H,15H2,1-2H3,(H,32,33)(H,28,30,36)/b21-14+. The number of ether oxygens (including phenoxy) is 2. The number of hydrogen-bond donors (Lipinski definition) is 2. The normalized spacial score (nSPS) is 14.6. The molecule has 0 atom stereocenters. The summed E-state index contributed by atoms with van der Waals surface area (Å²) in [7, 11) is 1.48. The summed E-state index contributed by atoms with van der Waals surface area (Å²) in [5.41, 5.74) is 2.78. The van der Waals surface area contributed by atoms with Crippen molar-refractivity contribution in [1.29, 1.82) is 0 Å². The first-order chi connectivity index (χ1) is 17.3. The van der Waals surface area contributed by atoms with Gasteiger partial charge in [0.2, 0.25) is 0 Å². The molecule has 3 aromatic carbocycles. The van der Waals surface area contributed by atoms with Crippen molar-refractivity contribution in [2.24, 2.45) is 0 Å². The Labute approximate surface area is 212 Å². The van der Waals surface area contributed by atoms with E-state index in [4.69, 9.17) is 26.8 Å². The Morgan fingerprint density at radius 3 is 2.39 bits per heavy atom. The number of methoxy groups -OCH3 is 1. The van der Waals surface area contributed by atoms with Gasteiger partial charge in [-0.3, -0.25) is 19.8 Å². The van der Waals surface area contributed by atoms with Crippen molar-refractivity contribution in [1.82, 2.24) is 5.32 Å². The summed E-state index contributed by atoms with van der Waals surface area (Å²) in [4.78, 5) is 38.5. The molecular formula is C27H22N2O6S. The van der Waals surface area contributed by atoms with Crippen molar-refractivity contribution in [3.05, 3.63) is 94.6 Å². The molecule has 1 heterocycles. The maximum absolute atomic E-state index is 13.4. The minimum Gasteiger partial charge on any atom is -0.493 e. The summed E-state index contributed by atoms with van der Waals surface area (Å²) in [6.07, 6.45) is 1.44. The van der Waals surface area contributed by atoms with E-state index in [1.807, 2.05) is 19.1 Å². The second-order valence-corrected chi connectivity index (χ2v) is 8.35. The maximum Gasteiger partial charge on any atom is 0.335 e. The number of anilines is 1. The maximum atomic E-state index is 13.4. The quantitative estimate of drug-likeness (QED) is 0.285. The van der Waals surface area contributed by atoms with E-state index < -0.39 is 17.8 Å². The van der Waals surface area contributed by atoms with Gasteiger partial charge < -0.3 is 14.6 Å². The van der Waals surface area contributed by atoms with E-state index in [9.17, 15) is 14.4 Å². The molecule has 1 fully saturated rings. The number of para-hydroxylation sites is 1. The van der Waals surface area contributed by atoms with Crippen LogP contribution in [0.4, 0.5) is 5.69 Å². The fraction of sp³-hybridized carbons (Fsp3) is 0.111. The minimum atomic E-state index is -1.02. The third kappa shape index (κ3) is 5.11. The first kappa shape index (κ1) is 24.6. The highest BCUT2D eigenvalue weighted by Gasteiger charge is 2.34. The molecule has 1 aliphatic rings. The second-order valence-electron chi connectivity index (χ2n) is 7.96. The monoisotopic (exact) mass is 502 g/mol. The van der Waals surface area contributed by atoms with Crippen LogP contribution in [0.5, 0.6) is 11.5 Å². The van der Waals surface area contributed by atoms with Gasteiger partial charge in [-0.15, -0.1) is 0 Å². The van der Waals surface area contributed by atoms with Crippen LogP contribution in [0.3, 0.4) is 0 Å². The number of benzene rings is 3. The lowest BCUT2D eigenvalue weighted by atomic mass is 10.1. The largest absolute Gasteiger partial charge is 0.493 e. The topological polar surface area (TPSA) is 105 Å². The summed E-state index contributed by atoms with van der Waals surface area (Å²) in [5, 5.41) is 11.7. The van der Waals surface area contributed by atoms with Crippen molar-refractivity contribution >= 4 is 46.9 Å². The van der Waals surface area contributed by atoms with Crippen molar-refractivity contribution in [3.8, 4) is 11.5 Å². The fourth-order valence-corrected chi connectivity index (χ4v) is 3.88. The summed E-state index contributed by atoms with van der Waals surface area (Å²) in [5.74, 6) is -1.47. The molecule has 0 radical (unpaired) electrons. The number of carbonyl (C=O) groups excluding carboxylic acids is 2. The van der Waals surface area contributed by atoms with Gasteiger partial charge in [-0.25, -0.2) is 4.79 Å². The zero-order chi connectivity index (χ0) is 25.8. The number of aryl methyl sites for hydroxylation is 1. The molecule has 2 amide bonds. The Hall–Kier alpha value is -4.50. The van der Waals surface area contributed by atoms with Gasteiger partial charge in [-0.2, -0.15) is 0 Å². The van der Waals surface area contributed by atoms with Crippen molar-refractivity contribution < 1.29 is 29.0 Å². The Morgan fingerprint density at radius 2 is 1.75 bits per heavy atom. The zero-order valence-electron chi connectivity index (χ0n) is 19.5. The molecule has 8 nitrogen and oxygen atoms in total. The molecule has 0 saturated carbocycles. The van der Waals surface area contributed by atoms with Gasteiger partial charge in [0.25, 0.3) is 11.8 Å². The summed E-state index contributed by atoms with van der Waals surface area (Å²) in [6.45, 7) is 2.04. The van der Waals surface area contributed by atoms with Crippen LogP contribution in [0.25, 0.3) is 6.08 Å². The number of carbonyl (C=O) groups is 3. The number of rotatable bonds is 7. The van der Waals surface area contributed by atoms with E-state index in [1.54, 1.807) is 42.5 Å². The fourth-order valence-electron chi connectivity index (χ4n) is 3.60. The molecule has 1 aliphatic heterocycles. The van der Waals surface area contributed by atoms with E-state index in [0.717, 1.165) is 11.1 Å². The molecule has 0 aromatic heterocycles. The predicted molar refractivity (Wildman–Crippen MR) is 138 cm³/mol. The highest BCUT2D eigenvalue weighted by Crippen LogP contribution is 2.34. The van der Waals surface area contributed by atoms with Crippen molar-refractivity contribution in [2.45, 2.75) is 13.5 Å².